The summed E-state index contributed by atoms with van der Waals surface area (Å²) in [6, 6.07) is 5.19. The van der Waals surface area contributed by atoms with Crippen molar-refractivity contribution in [3.63, 3.8) is 0 Å². The van der Waals surface area contributed by atoms with Crippen LogP contribution in [0.4, 0.5) is 5.69 Å². The minimum Gasteiger partial charge on any atom is -0.398 e. The standard InChI is InChI=1S/C13H17ClN2O/c1-8(9-3-2-4-9)16-13(17)10-5-6-11(14)12(15)7-10/h5-9H,2-4,15H2,1H3,(H,16,17). The third-order valence-corrected chi connectivity index (χ3v) is 3.82. The normalized spacial score (nSPS) is 17.3. The van der Waals surface area contributed by atoms with Gasteiger partial charge in [-0.2, -0.15) is 0 Å². The van der Waals surface area contributed by atoms with Gasteiger partial charge in [-0.1, -0.05) is 18.0 Å². The number of amides is 1. The molecule has 1 amide bonds. The minimum atomic E-state index is -0.0761. The molecule has 1 aromatic rings. The topological polar surface area (TPSA) is 55.1 Å². The van der Waals surface area contributed by atoms with Crippen LogP contribution < -0.4 is 11.1 Å². The van der Waals surface area contributed by atoms with Crippen LogP contribution in [0.2, 0.25) is 5.02 Å². The molecule has 2 rings (SSSR count). The summed E-state index contributed by atoms with van der Waals surface area (Å²) in [4.78, 5) is 12.0. The van der Waals surface area contributed by atoms with E-state index < -0.39 is 0 Å². The molecule has 0 radical (unpaired) electrons. The van der Waals surface area contributed by atoms with E-state index in [0.29, 0.717) is 22.2 Å². The van der Waals surface area contributed by atoms with Gasteiger partial charge in [-0.05, 0) is 43.9 Å². The van der Waals surface area contributed by atoms with Crippen LogP contribution in [0.3, 0.4) is 0 Å². The molecule has 1 aliphatic rings. The minimum absolute atomic E-state index is 0.0761. The first-order chi connectivity index (χ1) is 8.08. The summed E-state index contributed by atoms with van der Waals surface area (Å²) in [7, 11) is 0. The first-order valence-corrected chi connectivity index (χ1v) is 6.31. The van der Waals surface area contributed by atoms with Crippen molar-refractivity contribution in [2.75, 3.05) is 5.73 Å². The molecule has 0 heterocycles. The number of anilines is 1. The molecular weight excluding hydrogens is 236 g/mol. The van der Waals surface area contributed by atoms with Gasteiger partial charge in [0.1, 0.15) is 0 Å². The van der Waals surface area contributed by atoms with E-state index in [1.165, 1.54) is 19.3 Å². The van der Waals surface area contributed by atoms with E-state index in [2.05, 4.69) is 12.2 Å². The SMILES string of the molecule is CC(NC(=O)c1ccc(Cl)c(N)c1)C1CCC1. The number of hydrogen-bond donors (Lipinski definition) is 2. The van der Waals surface area contributed by atoms with Gasteiger partial charge >= 0.3 is 0 Å². The lowest BCUT2D eigenvalue weighted by Gasteiger charge is -2.31. The smallest absolute Gasteiger partial charge is 0.251 e. The van der Waals surface area contributed by atoms with Crippen molar-refractivity contribution in [1.29, 1.82) is 0 Å². The van der Waals surface area contributed by atoms with Crippen molar-refractivity contribution in [3.05, 3.63) is 28.8 Å². The zero-order valence-corrected chi connectivity index (χ0v) is 10.6. The third-order valence-electron chi connectivity index (χ3n) is 3.47. The maximum Gasteiger partial charge on any atom is 0.251 e. The molecule has 1 saturated carbocycles. The van der Waals surface area contributed by atoms with Gasteiger partial charge in [0.05, 0.1) is 10.7 Å². The largest absolute Gasteiger partial charge is 0.398 e. The Morgan fingerprint density at radius 2 is 2.24 bits per heavy atom. The monoisotopic (exact) mass is 252 g/mol. The van der Waals surface area contributed by atoms with Crippen LogP contribution in [0.25, 0.3) is 0 Å². The van der Waals surface area contributed by atoms with Gasteiger partial charge in [-0.15, -0.1) is 0 Å². The second-order valence-corrected chi connectivity index (χ2v) is 5.10. The fourth-order valence-electron chi connectivity index (χ4n) is 2.03. The Bertz CT molecular complexity index is 429. The van der Waals surface area contributed by atoms with Crippen LogP contribution >= 0.6 is 11.6 Å². The fourth-order valence-corrected chi connectivity index (χ4v) is 2.15. The Morgan fingerprint density at radius 1 is 1.53 bits per heavy atom. The van der Waals surface area contributed by atoms with Gasteiger partial charge in [0.25, 0.3) is 5.91 Å². The molecule has 1 unspecified atom stereocenters. The highest BCUT2D eigenvalue weighted by atomic mass is 35.5. The second-order valence-electron chi connectivity index (χ2n) is 4.69. The van der Waals surface area contributed by atoms with Crippen molar-refractivity contribution >= 4 is 23.2 Å². The molecule has 3 nitrogen and oxygen atoms in total. The first kappa shape index (κ1) is 12.2. The number of halogens is 1. The lowest BCUT2D eigenvalue weighted by molar-refractivity contribution is 0.0909. The first-order valence-electron chi connectivity index (χ1n) is 5.94. The molecule has 0 spiro atoms. The molecule has 1 fully saturated rings. The Morgan fingerprint density at radius 3 is 2.76 bits per heavy atom. The van der Waals surface area contributed by atoms with Crippen LogP contribution in [-0.4, -0.2) is 11.9 Å². The zero-order valence-electron chi connectivity index (χ0n) is 9.87. The molecule has 1 atom stereocenters. The molecule has 1 aliphatic carbocycles. The second kappa shape index (κ2) is 4.96. The molecule has 4 heteroatoms. The Balaban J connectivity index is 2.01. The van der Waals surface area contributed by atoms with Crippen molar-refractivity contribution in [2.24, 2.45) is 5.92 Å². The molecule has 0 saturated heterocycles. The number of benzene rings is 1. The van der Waals surface area contributed by atoms with Crippen molar-refractivity contribution in [2.45, 2.75) is 32.2 Å². The van der Waals surface area contributed by atoms with E-state index in [-0.39, 0.29) is 11.9 Å². The summed E-state index contributed by atoms with van der Waals surface area (Å²) in [6.45, 7) is 2.06. The van der Waals surface area contributed by atoms with Crippen LogP contribution in [0.5, 0.6) is 0 Å². The van der Waals surface area contributed by atoms with E-state index in [9.17, 15) is 4.79 Å². The molecule has 17 heavy (non-hydrogen) atoms. The lowest BCUT2D eigenvalue weighted by atomic mass is 9.80. The van der Waals surface area contributed by atoms with E-state index in [1.807, 2.05) is 0 Å². The van der Waals surface area contributed by atoms with E-state index >= 15 is 0 Å². The Hall–Kier alpha value is -1.22. The van der Waals surface area contributed by atoms with Gasteiger partial charge in [-0.25, -0.2) is 0 Å². The molecule has 0 bridgehead atoms. The average Bonchev–Trinajstić information content (AvgIpc) is 2.19. The highest BCUT2D eigenvalue weighted by molar-refractivity contribution is 6.33. The molecule has 3 N–H and O–H groups in total. The van der Waals surface area contributed by atoms with Gasteiger partial charge in [0.15, 0.2) is 0 Å². The number of nitrogens with one attached hydrogen (secondary N) is 1. The molecule has 0 aromatic heterocycles. The van der Waals surface area contributed by atoms with E-state index in [1.54, 1.807) is 18.2 Å². The summed E-state index contributed by atoms with van der Waals surface area (Å²) in [5.74, 6) is 0.552. The maximum atomic E-state index is 12.0. The number of nitrogens with two attached hydrogens (primary N) is 1. The number of carbonyl (C=O) groups is 1. The van der Waals surface area contributed by atoms with Crippen molar-refractivity contribution in [3.8, 4) is 0 Å². The average molecular weight is 253 g/mol. The number of hydrogen-bond acceptors (Lipinski definition) is 2. The molecule has 92 valence electrons. The Labute approximate surface area is 106 Å². The fraction of sp³-hybridized carbons (Fsp3) is 0.462. The Kier molecular flexibility index (Phi) is 3.57. The van der Waals surface area contributed by atoms with E-state index in [0.717, 1.165) is 0 Å². The summed E-state index contributed by atoms with van der Waals surface area (Å²) in [5, 5.41) is 3.49. The highest BCUT2D eigenvalue weighted by Gasteiger charge is 2.25. The zero-order chi connectivity index (χ0) is 12.4. The third kappa shape index (κ3) is 2.72. The molecular formula is C13H17ClN2O. The van der Waals surface area contributed by atoms with Gasteiger partial charge in [0, 0.05) is 11.6 Å². The highest BCUT2D eigenvalue weighted by Crippen LogP contribution is 2.29. The van der Waals surface area contributed by atoms with Gasteiger partial charge in [0.2, 0.25) is 0 Å². The van der Waals surface area contributed by atoms with Crippen LogP contribution in [-0.2, 0) is 0 Å². The number of carbonyl (C=O) groups excluding carboxylic acids is 1. The van der Waals surface area contributed by atoms with E-state index in [4.69, 9.17) is 17.3 Å². The predicted octanol–water partition coefficient (Wildman–Crippen LogP) is 2.84. The van der Waals surface area contributed by atoms with Gasteiger partial charge in [-0.3, -0.25) is 4.79 Å². The summed E-state index contributed by atoms with van der Waals surface area (Å²) < 4.78 is 0. The van der Waals surface area contributed by atoms with Crippen molar-refractivity contribution in [1.82, 2.24) is 5.32 Å². The summed E-state index contributed by atoms with van der Waals surface area (Å²) in [5.41, 5.74) is 6.68. The lowest BCUT2D eigenvalue weighted by Crippen LogP contribution is -2.40. The molecule has 0 aliphatic heterocycles. The number of rotatable bonds is 3. The summed E-state index contributed by atoms with van der Waals surface area (Å²) >= 11 is 5.82. The van der Waals surface area contributed by atoms with Crippen LogP contribution in [0.15, 0.2) is 18.2 Å². The van der Waals surface area contributed by atoms with Crippen LogP contribution in [0.1, 0.15) is 36.5 Å². The van der Waals surface area contributed by atoms with Crippen molar-refractivity contribution < 1.29 is 4.79 Å². The number of nitrogen functional groups attached to an aromatic ring is 1. The maximum absolute atomic E-state index is 12.0. The summed E-state index contributed by atoms with van der Waals surface area (Å²) in [6.07, 6.45) is 3.70. The quantitative estimate of drug-likeness (QED) is 0.813. The molecule has 1 aromatic carbocycles. The van der Waals surface area contributed by atoms with Gasteiger partial charge < -0.3 is 11.1 Å². The van der Waals surface area contributed by atoms with Crippen LogP contribution in [0, 0.1) is 5.92 Å². The predicted molar refractivity (Wildman–Crippen MR) is 70.1 cm³/mol.